The summed E-state index contributed by atoms with van der Waals surface area (Å²) in [6.07, 6.45) is 8.76. The number of hydrogen-bond acceptors (Lipinski definition) is 5. The fourth-order valence-corrected chi connectivity index (χ4v) is 5.21. The number of unbranched alkanes of at least 4 members (excludes halogenated alkanes) is 3. The average Bonchev–Trinajstić information content (AvgIpc) is 3.36. The van der Waals surface area contributed by atoms with Gasteiger partial charge >= 0.3 is 0 Å². The Balaban J connectivity index is 1.18. The summed E-state index contributed by atoms with van der Waals surface area (Å²) in [7, 11) is 0. The fourth-order valence-electron chi connectivity index (χ4n) is 4.48. The van der Waals surface area contributed by atoms with Gasteiger partial charge in [0.2, 0.25) is 5.13 Å². The number of hydrogen-bond donors (Lipinski definition) is 1. The lowest BCUT2D eigenvalue weighted by Crippen LogP contribution is -2.38. The first kappa shape index (κ1) is 25.3. The van der Waals surface area contributed by atoms with Crippen molar-refractivity contribution in [1.82, 2.24) is 14.7 Å². The molecule has 1 amide bonds. The van der Waals surface area contributed by atoms with E-state index in [1.165, 1.54) is 54.9 Å². The van der Waals surface area contributed by atoms with Gasteiger partial charge in [0.25, 0.3) is 5.91 Å². The van der Waals surface area contributed by atoms with Gasteiger partial charge in [0, 0.05) is 43.2 Å². The van der Waals surface area contributed by atoms with E-state index in [1.54, 1.807) is 12.1 Å². The van der Waals surface area contributed by atoms with Crippen molar-refractivity contribution in [2.45, 2.75) is 58.3 Å². The highest BCUT2D eigenvalue weighted by molar-refractivity contribution is 7.09. The number of aromatic nitrogens is 2. The molecule has 1 aromatic heterocycles. The smallest absolute Gasteiger partial charge is 0.251 e. The second-order valence-corrected chi connectivity index (χ2v) is 10.2. The maximum atomic E-state index is 13.1. The number of amides is 1. The van der Waals surface area contributed by atoms with Crippen molar-refractivity contribution in [3.05, 3.63) is 76.9 Å². The van der Waals surface area contributed by atoms with Crippen molar-refractivity contribution in [3.8, 4) is 0 Å². The lowest BCUT2D eigenvalue weighted by molar-refractivity contribution is 0.0945. The van der Waals surface area contributed by atoms with Crippen LogP contribution in [0, 0.1) is 11.7 Å². The predicted octanol–water partition coefficient (Wildman–Crippen LogP) is 6.04. The molecule has 1 fully saturated rings. The second kappa shape index (κ2) is 12.8. The van der Waals surface area contributed by atoms with Crippen LogP contribution in [0.2, 0.25) is 0 Å². The number of halogens is 1. The zero-order valence-electron chi connectivity index (χ0n) is 20.5. The zero-order chi connectivity index (χ0) is 24.5. The van der Waals surface area contributed by atoms with Crippen molar-refractivity contribution >= 4 is 22.6 Å². The summed E-state index contributed by atoms with van der Waals surface area (Å²) in [4.78, 5) is 19.6. The van der Waals surface area contributed by atoms with Gasteiger partial charge in [-0.3, -0.25) is 4.79 Å². The van der Waals surface area contributed by atoms with E-state index in [-0.39, 0.29) is 11.7 Å². The molecule has 4 rings (SSSR count). The molecular formula is C28H35FN4OS. The van der Waals surface area contributed by atoms with Gasteiger partial charge in [-0.15, -0.1) is 0 Å². The first-order chi connectivity index (χ1) is 17.1. The molecule has 5 nitrogen and oxygen atoms in total. The standard InChI is InChI=1S/C28H35FN4OS/c1-2-3-4-5-6-21-7-11-24(12-8-21)27(34)30-20-23-15-17-33(18-16-23)28-31-26(32-35-28)19-22-9-13-25(29)14-10-22/h7-14,23H,2-6,15-20H2,1H3,(H,30,34). The van der Waals surface area contributed by atoms with Gasteiger partial charge in [-0.25, -0.2) is 9.37 Å². The van der Waals surface area contributed by atoms with Gasteiger partial charge < -0.3 is 10.2 Å². The molecule has 7 heteroatoms. The molecule has 0 atom stereocenters. The van der Waals surface area contributed by atoms with Crippen molar-refractivity contribution in [2.24, 2.45) is 5.92 Å². The summed E-state index contributed by atoms with van der Waals surface area (Å²) in [5.74, 6) is 1.03. The van der Waals surface area contributed by atoms with Crippen molar-refractivity contribution < 1.29 is 9.18 Å². The summed E-state index contributed by atoms with van der Waals surface area (Å²) >= 11 is 1.42. The van der Waals surface area contributed by atoms with Gasteiger partial charge in [0.15, 0.2) is 0 Å². The molecule has 0 spiro atoms. The maximum absolute atomic E-state index is 13.1. The van der Waals surface area contributed by atoms with Crippen LogP contribution < -0.4 is 10.2 Å². The topological polar surface area (TPSA) is 58.1 Å². The number of aryl methyl sites for hydroxylation is 1. The lowest BCUT2D eigenvalue weighted by Gasteiger charge is -2.31. The molecular weight excluding hydrogens is 459 g/mol. The molecule has 3 aromatic rings. The van der Waals surface area contributed by atoms with E-state index in [4.69, 9.17) is 4.98 Å². The van der Waals surface area contributed by atoms with Gasteiger partial charge in [-0.1, -0.05) is 50.5 Å². The van der Waals surface area contributed by atoms with Crippen molar-refractivity contribution in [1.29, 1.82) is 0 Å². The van der Waals surface area contributed by atoms with Crippen LogP contribution >= 0.6 is 11.5 Å². The van der Waals surface area contributed by atoms with E-state index in [9.17, 15) is 9.18 Å². The number of anilines is 1. The Morgan fingerprint density at radius 1 is 1.03 bits per heavy atom. The van der Waals surface area contributed by atoms with Crippen LogP contribution in [-0.2, 0) is 12.8 Å². The van der Waals surface area contributed by atoms with E-state index >= 15 is 0 Å². The van der Waals surface area contributed by atoms with Crippen molar-refractivity contribution in [3.63, 3.8) is 0 Å². The molecule has 0 bridgehead atoms. The number of carbonyl (C=O) groups is 1. The molecule has 1 N–H and O–H groups in total. The van der Waals surface area contributed by atoms with Gasteiger partial charge in [-0.2, -0.15) is 4.37 Å². The number of nitrogens with zero attached hydrogens (tertiary/aromatic N) is 3. The molecule has 35 heavy (non-hydrogen) atoms. The minimum Gasteiger partial charge on any atom is -0.352 e. The first-order valence-electron chi connectivity index (χ1n) is 12.8. The molecule has 1 aliphatic rings. The molecule has 1 aliphatic heterocycles. The SMILES string of the molecule is CCCCCCc1ccc(C(=O)NCC2CCN(c3nc(Cc4ccc(F)cc4)ns3)CC2)cc1. The highest BCUT2D eigenvalue weighted by Gasteiger charge is 2.22. The van der Waals surface area contributed by atoms with E-state index in [2.05, 4.69) is 33.6 Å². The number of carbonyl (C=O) groups excluding carboxylic acids is 1. The zero-order valence-corrected chi connectivity index (χ0v) is 21.3. The number of nitrogens with one attached hydrogen (secondary N) is 1. The number of piperidine rings is 1. The quantitative estimate of drug-likeness (QED) is 0.330. The Kier molecular flexibility index (Phi) is 9.23. The van der Waals surface area contributed by atoms with E-state index in [0.717, 1.165) is 54.4 Å². The third-order valence-corrected chi connectivity index (χ3v) is 7.52. The Hall–Kier alpha value is -2.80. The van der Waals surface area contributed by atoms with Crippen LogP contribution in [0.1, 0.15) is 72.8 Å². The molecule has 2 heterocycles. The molecule has 0 radical (unpaired) electrons. The Morgan fingerprint density at radius 3 is 2.46 bits per heavy atom. The summed E-state index contributed by atoms with van der Waals surface area (Å²) in [6.45, 7) is 4.76. The molecule has 1 saturated heterocycles. The normalized spacial score (nSPS) is 14.3. The van der Waals surface area contributed by atoms with Gasteiger partial charge in [0.1, 0.15) is 11.6 Å². The predicted molar refractivity (Wildman–Crippen MR) is 141 cm³/mol. The highest BCUT2D eigenvalue weighted by Crippen LogP contribution is 2.25. The molecule has 0 aliphatic carbocycles. The third-order valence-electron chi connectivity index (χ3n) is 6.70. The summed E-state index contributed by atoms with van der Waals surface area (Å²) in [5, 5.41) is 4.07. The maximum Gasteiger partial charge on any atom is 0.251 e. The Bertz CT molecular complexity index is 1060. The molecule has 0 unspecified atom stereocenters. The van der Waals surface area contributed by atoms with E-state index in [1.807, 2.05) is 12.1 Å². The van der Waals surface area contributed by atoms with E-state index < -0.39 is 0 Å². The third kappa shape index (κ3) is 7.59. The second-order valence-electron chi connectivity index (χ2n) is 9.44. The minimum atomic E-state index is -0.231. The summed E-state index contributed by atoms with van der Waals surface area (Å²) < 4.78 is 17.6. The van der Waals surface area contributed by atoms with E-state index in [0.29, 0.717) is 18.9 Å². The van der Waals surface area contributed by atoms with Crippen LogP contribution in [0.5, 0.6) is 0 Å². The van der Waals surface area contributed by atoms with Crippen LogP contribution in [0.4, 0.5) is 9.52 Å². The summed E-state index contributed by atoms with van der Waals surface area (Å²) in [5.41, 5.74) is 3.05. The molecule has 186 valence electrons. The number of benzene rings is 2. The minimum absolute atomic E-state index is 0.0134. The Morgan fingerprint density at radius 2 is 1.74 bits per heavy atom. The van der Waals surface area contributed by atoms with Crippen LogP contribution in [0.15, 0.2) is 48.5 Å². The summed E-state index contributed by atoms with van der Waals surface area (Å²) in [6, 6.07) is 14.6. The first-order valence-corrected chi connectivity index (χ1v) is 13.6. The lowest BCUT2D eigenvalue weighted by atomic mass is 9.97. The molecule has 0 saturated carbocycles. The van der Waals surface area contributed by atoms with Crippen LogP contribution in [0.25, 0.3) is 0 Å². The monoisotopic (exact) mass is 494 g/mol. The Labute approximate surface area is 212 Å². The van der Waals surface area contributed by atoms with Crippen molar-refractivity contribution in [2.75, 3.05) is 24.5 Å². The highest BCUT2D eigenvalue weighted by atomic mass is 32.1. The van der Waals surface area contributed by atoms with Gasteiger partial charge in [0.05, 0.1) is 0 Å². The number of rotatable bonds is 11. The fraction of sp³-hybridized carbons (Fsp3) is 0.464. The van der Waals surface area contributed by atoms with Gasteiger partial charge in [-0.05, 0) is 67.0 Å². The average molecular weight is 495 g/mol. The van der Waals surface area contributed by atoms with Crippen LogP contribution in [-0.4, -0.2) is 34.9 Å². The largest absolute Gasteiger partial charge is 0.352 e. The molecule has 2 aromatic carbocycles. The van der Waals surface area contributed by atoms with Crippen LogP contribution in [0.3, 0.4) is 0 Å².